The molecule has 1 atom stereocenters. The molecule has 5 nitrogen and oxygen atoms in total. The number of Topliss-reactive ketones (excluding diaryl/α,β-unsaturated/α-hetero) is 1. The highest BCUT2D eigenvalue weighted by atomic mass is 35.5. The number of hydrogen-bond donors (Lipinski definition) is 1. The molecule has 0 aliphatic carbocycles. The van der Waals surface area contributed by atoms with Crippen molar-refractivity contribution in [1.82, 2.24) is 9.38 Å². The first-order valence-corrected chi connectivity index (χ1v) is 12.4. The maximum Gasteiger partial charge on any atom is 0.163 e. The van der Waals surface area contributed by atoms with Crippen LogP contribution in [0.4, 0.5) is 0 Å². The van der Waals surface area contributed by atoms with Gasteiger partial charge in [0.05, 0.1) is 16.8 Å². The number of fused-ring (bicyclic) bond motifs is 1. The first kappa shape index (κ1) is 25.0. The molecule has 4 aromatic rings. The van der Waals surface area contributed by atoms with Crippen molar-refractivity contribution in [2.24, 2.45) is 5.92 Å². The predicted molar refractivity (Wildman–Crippen MR) is 140 cm³/mol. The van der Waals surface area contributed by atoms with E-state index in [4.69, 9.17) is 21.3 Å². The number of aliphatic hydroxyl groups excluding tert-OH is 1. The molecule has 0 radical (unpaired) electrons. The van der Waals surface area contributed by atoms with E-state index in [2.05, 4.69) is 37.3 Å². The summed E-state index contributed by atoms with van der Waals surface area (Å²) in [6, 6.07) is 17.5. The zero-order chi connectivity index (χ0) is 24.9. The van der Waals surface area contributed by atoms with Gasteiger partial charge in [0.25, 0.3) is 0 Å². The van der Waals surface area contributed by atoms with Crippen molar-refractivity contribution < 1.29 is 14.6 Å². The number of benzene rings is 2. The first-order chi connectivity index (χ1) is 16.8. The van der Waals surface area contributed by atoms with Crippen LogP contribution in [-0.4, -0.2) is 33.0 Å². The van der Waals surface area contributed by atoms with Gasteiger partial charge in [-0.15, -0.1) is 0 Å². The van der Waals surface area contributed by atoms with Crippen molar-refractivity contribution in [2.75, 3.05) is 6.61 Å². The summed E-state index contributed by atoms with van der Waals surface area (Å²) in [4.78, 5) is 17.7. The van der Waals surface area contributed by atoms with Gasteiger partial charge in [0.2, 0.25) is 0 Å². The Labute approximate surface area is 211 Å². The number of hydrogen-bond acceptors (Lipinski definition) is 4. The molecule has 0 fully saturated rings. The highest BCUT2D eigenvalue weighted by Gasteiger charge is 2.18. The Morgan fingerprint density at radius 2 is 1.91 bits per heavy atom. The summed E-state index contributed by atoms with van der Waals surface area (Å²) in [5.41, 5.74) is 5.75. The van der Waals surface area contributed by atoms with E-state index in [0.717, 1.165) is 28.0 Å². The van der Waals surface area contributed by atoms with E-state index < -0.39 is 0 Å². The number of carbonyl (C=O) groups is 1. The molecule has 0 bridgehead atoms. The highest BCUT2D eigenvalue weighted by Crippen LogP contribution is 2.28. The van der Waals surface area contributed by atoms with Crippen LogP contribution in [0.1, 0.15) is 48.2 Å². The monoisotopic (exact) mass is 490 g/mol. The zero-order valence-corrected chi connectivity index (χ0v) is 21.1. The van der Waals surface area contributed by atoms with Crippen LogP contribution >= 0.6 is 11.6 Å². The summed E-state index contributed by atoms with van der Waals surface area (Å²) in [7, 11) is 0. The maximum atomic E-state index is 13.0. The van der Waals surface area contributed by atoms with Crippen LogP contribution < -0.4 is 4.74 Å². The third kappa shape index (κ3) is 6.11. The summed E-state index contributed by atoms with van der Waals surface area (Å²) >= 11 is 6.32. The van der Waals surface area contributed by atoms with Gasteiger partial charge in [0.1, 0.15) is 11.4 Å². The third-order valence-electron chi connectivity index (χ3n) is 6.08. The van der Waals surface area contributed by atoms with Crippen molar-refractivity contribution in [2.45, 2.75) is 46.1 Å². The molecule has 2 aromatic heterocycles. The smallest absolute Gasteiger partial charge is 0.163 e. The van der Waals surface area contributed by atoms with Gasteiger partial charge in [-0.05, 0) is 74.9 Å². The van der Waals surface area contributed by atoms with Crippen molar-refractivity contribution in [3.05, 3.63) is 88.7 Å². The number of ether oxygens (including phenoxy) is 1. The first-order valence-electron chi connectivity index (χ1n) is 12.0. The quantitative estimate of drug-likeness (QED) is 0.255. The lowest BCUT2D eigenvalue weighted by Crippen LogP contribution is -2.13. The van der Waals surface area contributed by atoms with Crippen LogP contribution in [0, 0.1) is 12.8 Å². The fourth-order valence-corrected chi connectivity index (χ4v) is 4.53. The molecule has 4 rings (SSSR count). The Morgan fingerprint density at radius 3 is 2.57 bits per heavy atom. The Kier molecular flexibility index (Phi) is 7.89. The normalized spacial score (nSPS) is 12.3. The van der Waals surface area contributed by atoms with Gasteiger partial charge in [-0.2, -0.15) is 0 Å². The van der Waals surface area contributed by atoms with Gasteiger partial charge in [-0.1, -0.05) is 41.9 Å². The van der Waals surface area contributed by atoms with Crippen molar-refractivity contribution >= 4 is 23.0 Å². The number of pyridine rings is 1. The van der Waals surface area contributed by atoms with Crippen LogP contribution in [0.5, 0.6) is 5.75 Å². The lowest BCUT2D eigenvalue weighted by atomic mass is 9.89. The number of aryl methyl sites for hydroxylation is 1. The van der Waals surface area contributed by atoms with E-state index in [9.17, 15) is 9.90 Å². The number of imidazole rings is 1. The molecule has 0 amide bonds. The molecule has 2 aromatic carbocycles. The summed E-state index contributed by atoms with van der Waals surface area (Å²) in [6.07, 6.45) is 5.65. The van der Waals surface area contributed by atoms with Crippen LogP contribution in [0.25, 0.3) is 16.9 Å². The Bertz CT molecular complexity index is 1310. The molecule has 0 aliphatic heterocycles. The van der Waals surface area contributed by atoms with E-state index >= 15 is 0 Å². The average molecular weight is 491 g/mol. The van der Waals surface area contributed by atoms with Gasteiger partial charge in [-0.25, -0.2) is 4.98 Å². The van der Waals surface area contributed by atoms with E-state index in [1.807, 2.05) is 36.7 Å². The molecule has 0 saturated heterocycles. The average Bonchev–Trinajstić information content (AvgIpc) is 3.26. The van der Waals surface area contributed by atoms with Crippen LogP contribution in [0.15, 0.2) is 67.0 Å². The summed E-state index contributed by atoms with van der Waals surface area (Å²) in [6.45, 7) is 5.96. The number of aromatic nitrogens is 2. The molecule has 1 N–H and O–H groups in total. The fourth-order valence-electron chi connectivity index (χ4n) is 4.30. The van der Waals surface area contributed by atoms with Gasteiger partial charge in [0, 0.05) is 36.5 Å². The molecular weight excluding hydrogens is 460 g/mol. The van der Waals surface area contributed by atoms with E-state index in [-0.39, 0.29) is 24.4 Å². The number of nitrogens with zero attached hydrogens (tertiary/aromatic N) is 2. The third-order valence-corrected chi connectivity index (χ3v) is 6.38. The highest BCUT2D eigenvalue weighted by molar-refractivity contribution is 6.32. The van der Waals surface area contributed by atoms with Gasteiger partial charge in [0.15, 0.2) is 5.78 Å². The van der Waals surface area contributed by atoms with E-state index in [1.165, 1.54) is 0 Å². The minimum Gasteiger partial charge on any atom is -0.489 e. The second kappa shape index (κ2) is 11.1. The van der Waals surface area contributed by atoms with Crippen molar-refractivity contribution in [1.29, 1.82) is 0 Å². The van der Waals surface area contributed by atoms with Gasteiger partial charge >= 0.3 is 0 Å². The molecule has 2 heterocycles. The molecular formula is C29H31ClN2O3. The van der Waals surface area contributed by atoms with E-state index in [0.29, 0.717) is 35.6 Å². The Balaban J connectivity index is 1.44. The fraction of sp³-hybridized carbons (Fsp3) is 0.310. The van der Waals surface area contributed by atoms with Gasteiger partial charge in [-0.3, -0.25) is 4.79 Å². The SMILES string of the molecule is Cc1cccn2cc(-c3ccc(C[C@@H](CCO)CC(=O)c4ccc(OC(C)C)c(Cl)c4)cc3)nc12. The molecule has 0 saturated carbocycles. The molecule has 0 aliphatic rings. The second-order valence-electron chi connectivity index (χ2n) is 9.27. The Morgan fingerprint density at radius 1 is 1.14 bits per heavy atom. The number of aliphatic hydroxyl groups is 1. The molecule has 182 valence electrons. The van der Waals surface area contributed by atoms with Crippen LogP contribution in [-0.2, 0) is 6.42 Å². The van der Waals surface area contributed by atoms with Gasteiger partial charge < -0.3 is 14.2 Å². The molecule has 0 spiro atoms. The number of carbonyl (C=O) groups excluding carboxylic acids is 1. The number of halogens is 1. The second-order valence-corrected chi connectivity index (χ2v) is 9.67. The Hall–Kier alpha value is -3.15. The van der Waals surface area contributed by atoms with E-state index in [1.54, 1.807) is 18.2 Å². The lowest BCUT2D eigenvalue weighted by molar-refractivity contribution is 0.0953. The topological polar surface area (TPSA) is 63.8 Å². The minimum absolute atomic E-state index is 0.00574. The van der Waals surface area contributed by atoms with Crippen molar-refractivity contribution in [3.63, 3.8) is 0 Å². The summed E-state index contributed by atoms with van der Waals surface area (Å²) < 4.78 is 7.70. The number of rotatable bonds is 10. The standard InChI is InChI=1S/C29H31ClN2O3/c1-19(2)35-28-11-10-24(17-25(28)30)27(34)16-22(12-14-33)15-21-6-8-23(9-7-21)26-18-32-13-4-5-20(3)29(32)31-26/h4-11,13,17-19,22,33H,12,14-16H2,1-3H3/t22-/m1/s1. The van der Waals surface area contributed by atoms with Crippen molar-refractivity contribution in [3.8, 4) is 17.0 Å². The molecule has 6 heteroatoms. The largest absolute Gasteiger partial charge is 0.489 e. The predicted octanol–water partition coefficient (Wildman–Crippen LogP) is 6.56. The molecule has 0 unspecified atom stereocenters. The number of ketones is 1. The lowest BCUT2D eigenvalue weighted by Gasteiger charge is -2.16. The molecule has 35 heavy (non-hydrogen) atoms. The van der Waals surface area contributed by atoms with Crippen LogP contribution in [0.3, 0.4) is 0 Å². The maximum absolute atomic E-state index is 13.0. The zero-order valence-electron chi connectivity index (χ0n) is 20.4. The summed E-state index contributed by atoms with van der Waals surface area (Å²) in [5, 5.41) is 10.0. The summed E-state index contributed by atoms with van der Waals surface area (Å²) in [5.74, 6) is 0.616. The minimum atomic E-state index is 0.00574. The van der Waals surface area contributed by atoms with Crippen LogP contribution in [0.2, 0.25) is 5.02 Å².